The number of hydrogen-bond acceptors (Lipinski definition) is 6. The van der Waals surface area contributed by atoms with E-state index in [0.717, 1.165) is 29.7 Å². The summed E-state index contributed by atoms with van der Waals surface area (Å²) in [6.45, 7) is 0.163. The van der Waals surface area contributed by atoms with Crippen molar-refractivity contribution >= 4 is 23.4 Å². The van der Waals surface area contributed by atoms with Gasteiger partial charge in [0.2, 0.25) is 5.91 Å². The molecular weight excluding hydrogens is 446 g/mol. The maximum atomic E-state index is 12.4. The Morgan fingerprint density at radius 2 is 1.46 bits per heavy atom. The molecule has 1 aliphatic rings. The molecule has 0 heterocycles. The fraction of sp³-hybridized carbons (Fsp3) is 0.423. The summed E-state index contributed by atoms with van der Waals surface area (Å²) in [5.74, 6) is -1.30. The van der Waals surface area contributed by atoms with Crippen molar-refractivity contribution in [1.29, 1.82) is 0 Å². The third-order valence-electron chi connectivity index (χ3n) is 6.27. The summed E-state index contributed by atoms with van der Waals surface area (Å²) in [4.78, 5) is 36.2. The van der Waals surface area contributed by atoms with Gasteiger partial charge in [-0.1, -0.05) is 56.4 Å². The van der Waals surface area contributed by atoms with E-state index in [9.17, 15) is 14.4 Å². The highest BCUT2D eigenvalue weighted by Crippen LogP contribution is 2.22. The molecule has 0 bridgehead atoms. The first-order chi connectivity index (χ1) is 17.0. The molecule has 0 aliphatic heterocycles. The van der Waals surface area contributed by atoms with Gasteiger partial charge in [-0.2, -0.15) is 0 Å². The van der Waals surface area contributed by atoms with E-state index in [4.69, 9.17) is 10.9 Å². The van der Waals surface area contributed by atoms with Gasteiger partial charge in [0.1, 0.15) is 6.04 Å². The number of hydrogen-bond donors (Lipinski definition) is 6. The topological polar surface area (TPSA) is 146 Å². The second-order valence-electron chi connectivity index (χ2n) is 8.86. The van der Waals surface area contributed by atoms with Crippen LogP contribution in [0.3, 0.4) is 0 Å². The van der Waals surface area contributed by atoms with E-state index in [-0.39, 0.29) is 12.5 Å². The van der Waals surface area contributed by atoms with Gasteiger partial charge in [0.15, 0.2) is 0 Å². The highest BCUT2D eigenvalue weighted by atomic mass is 16.5. The van der Waals surface area contributed by atoms with Crippen molar-refractivity contribution in [3.8, 4) is 11.1 Å². The lowest BCUT2D eigenvalue weighted by Gasteiger charge is -2.20. The van der Waals surface area contributed by atoms with Gasteiger partial charge in [0, 0.05) is 23.8 Å². The van der Waals surface area contributed by atoms with Crippen LogP contribution in [0.5, 0.6) is 0 Å². The van der Waals surface area contributed by atoms with Crippen molar-refractivity contribution < 1.29 is 19.6 Å². The van der Waals surface area contributed by atoms with Crippen molar-refractivity contribution in [2.75, 3.05) is 18.4 Å². The van der Waals surface area contributed by atoms with Crippen LogP contribution in [0.2, 0.25) is 0 Å². The maximum Gasteiger partial charge on any atom is 0.267 e. The Hall–Kier alpha value is -3.27. The third-order valence-corrected chi connectivity index (χ3v) is 6.27. The van der Waals surface area contributed by atoms with Gasteiger partial charge >= 0.3 is 0 Å². The van der Waals surface area contributed by atoms with Crippen LogP contribution in [0.4, 0.5) is 5.69 Å². The van der Waals surface area contributed by atoms with Crippen LogP contribution in [0.25, 0.3) is 11.1 Å². The minimum atomic E-state index is -1.03. The first kappa shape index (κ1) is 26.3. The zero-order valence-electron chi connectivity index (χ0n) is 19.9. The van der Waals surface area contributed by atoms with Gasteiger partial charge in [-0.05, 0) is 48.2 Å². The Morgan fingerprint density at radius 1 is 0.886 bits per heavy atom. The first-order valence-corrected chi connectivity index (χ1v) is 12.2. The summed E-state index contributed by atoms with van der Waals surface area (Å²) < 4.78 is 0. The average molecular weight is 482 g/mol. The quantitative estimate of drug-likeness (QED) is 0.240. The van der Waals surface area contributed by atoms with Gasteiger partial charge in [0.25, 0.3) is 11.8 Å². The lowest BCUT2D eigenvalue weighted by molar-refractivity contribution is -0.130. The molecule has 1 aliphatic carbocycles. The van der Waals surface area contributed by atoms with E-state index < -0.39 is 17.9 Å². The van der Waals surface area contributed by atoms with Crippen LogP contribution in [0.1, 0.15) is 55.3 Å². The van der Waals surface area contributed by atoms with Crippen LogP contribution < -0.4 is 27.2 Å². The molecule has 0 aromatic heterocycles. The molecule has 1 fully saturated rings. The Labute approximate surface area is 205 Å². The summed E-state index contributed by atoms with van der Waals surface area (Å²) in [6.07, 6.45) is 8.60. The molecule has 9 nitrogen and oxygen atoms in total. The summed E-state index contributed by atoms with van der Waals surface area (Å²) >= 11 is 0. The lowest BCUT2D eigenvalue weighted by atomic mass is 9.97. The molecular formula is C26H35N5O4. The van der Waals surface area contributed by atoms with Gasteiger partial charge in [-0.3, -0.25) is 19.6 Å². The second kappa shape index (κ2) is 13.6. The molecule has 188 valence electrons. The highest BCUT2D eigenvalue weighted by molar-refractivity contribution is 5.98. The maximum absolute atomic E-state index is 12.4. The minimum absolute atomic E-state index is 0.0548. The standard InChI is InChI=1S/C26H35N5O4/c27-16-23(26(34)31-35)30-25(33)20-10-8-18(9-11-20)19-12-14-22(15-13-19)29-24(32)17-28-21-6-4-2-1-3-5-7-21/h8-15,21,23,28,35H,1-7,16-17,27H2,(H,29,32)(H,30,33)(H,31,34)/t23-/m0/s1. The van der Waals surface area contributed by atoms with Crippen molar-refractivity contribution in [3.63, 3.8) is 0 Å². The Kier molecular flexibility index (Phi) is 10.2. The Morgan fingerprint density at radius 3 is 2.03 bits per heavy atom. The molecule has 2 aromatic rings. The van der Waals surface area contributed by atoms with Crippen molar-refractivity contribution in [2.24, 2.45) is 5.73 Å². The zero-order valence-corrected chi connectivity index (χ0v) is 19.9. The normalized spacial score (nSPS) is 15.4. The molecule has 1 saturated carbocycles. The largest absolute Gasteiger partial charge is 0.339 e. The summed E-state index contributed by atoms with van der Waals surface area (Å²) in [6, 6.07) is 13.8. The number of benzene rings is 2. The monoisotopic (exact) mass is 481 g/mol. The molecule has 3 rings (SSSR count). The fourth-order valence-corrected chi connectivity index (χ4v) is 4.21. The summed E-state index contributed by atoms with van der Waals surface area (Å²) in [5.41, 5.74) is 9.86. The summed E-state index contributed by atoms with van der Waals surface area (Å²) in [5, 5.41) is 17.5. The predicted octanol–water partition coefficient (Wildman–Crippen LogP) is 2.56. The second-order valence-corrected chi connectivity index (χ2v) is 8.86. The molecule has 0 radical (unpaired) electrons. The van der Waals surface area contributed by atoms with Crippen LogP contribution in [0.15, 0.2) is 48.5 Å². The number of nitrogens with two attached hydrogens (primary N) is 1. The van der Waals surface area contributed by atoms with Gasteiger partial charge in [-0.25, -0.2) is 5.48 Å². The van der Waals surface area contributed by atoms with E-state index in [2.05, 4.69) is 16.0 Å². The van der Waals surface area contributed by atoms with Gasteiger partial charge in [0.05, 0.1) is 6.54 Å². The number of carbonyl (C=O) groups excluding carboxylic acids is 3. The molecule has 3 amide bonds. The molecule has 35 heavy (non-hydrogen) atoms. The van der Waals surface area contributed by atoms with Gasteiger partial charge < -0.3 is 21.7 Å². The van der Waals surface area contributed by atoms with E-state index in [1.807, 2.05) is 24.3 Å². The number of amides is 3. The molecule has 2 aromatic carbocycles. The fourth-order valence-electron chi connectivity index (χ4n) is 4.21. The van der Waals surface area contributed by atoms with Crippen LogP contribution in [-0.2, 0) is 9.59 Å². The molecule has 1 atom stereocenters. The number of anilines is 1. The molecule has 0 saturated heterocycles. The Bertz CT molecular complexity index is 970. The lowest BCUT2D eigenvalue weighted by Crippen LogP contribution is -2.50. The summed E-state index contributed by atoms with van der Waals surface area (Å²) in [7, 11) is 0. The number of hydroxylamine groups is 1. The number of nitrogens with one attached hydrogen (secondary N) is 4. The van der Waals surface area contributed by atoms with Crippen molar-refractivity contribution in [2.45, 2.75) is 57.0 Å². The smallest absolute Gasteiger partial charge is 0.267 e. The van der Waals surface area contributed by atoms with Crippen LogP contribution in [0, 0.1) is 0 Å². The van der Waals surface area contributed by atoms with E-state index >= 15 is 0 Å². The van der Waals surface area contributed by atoms with E-state index in [1.54, 1.807) is 24.3 Å². The molecule has 9 heteroatoms. The van der Waals surface area contributed by atoms with Crippen molar-refractivity contribution in [1.82, 2.24) is 16.1 Å². The SMILES string of the molecule is NC[C@H](NC(=O)c1ccc(-c2ccc(NC(=O)CNC3CCCCCCC3)cc2)cc1)C(=O)NO. The first-order valence-electron chi connectivity index (χ1n) is 12.2. The highest BCUT2D eigenvalue weighted by Gasteiger charge is 2.19. The van der Waals surface area contributed by atoms with Crippen LogP contribution in [-0.4, -0.2) is 48.1 Å². The van der Waals surface area contributed by atoms with Gasteiger partial charge in [-0.15, -0.1) is 0 Å². The zero-order chi connectivity index (χ0) is 25.0. The van der Waals surface area contributed by atoms with E-state index in [1.165, 1.54) is 37.6 Å². The number of carbonyl (C=O) groups is 3. The average Bonchev–Trinajstić information content (AvgIpc) is 2.86. The third kappa shape index (κ3) is 8.17. The molecule has 0 spiro atoms. The predicted molar refractivity (Wildman–Crippen MR) is 135 cm³/mol. The minimum Gasteiger partial charge on any atom is -0.339 e. The van der Waals surface area contributed by atoms with Crippen LogP contribution >= 0.6 is 0 Å². The van der Waals surface area contributed by atoms with E-state index in [0.29, 0.717) is 18.2 Å². The Balaban J connectivity index is 1.51. The van der Waals surface area contributed by atoms with Crippen molar-refractivity contribution in [3.05, 3.63) is 54.1 Å². The number of rotatable bonds is 9. The molecule has 7 N–H and O–H groups in total. The molecule has 0 unspecified atom stereocenters.